The number of unbranched alkanes of at least 4 members (excludes halogenated alkanes) is 8. The molecule has 0 saturated heterocycles. The van der Waals surface area contributed by atoms with E-state index in [0.29, 0.717) is 0 Å². The fourth-order valence-corrected chi connectivity index (χ4v) is 3.66. The Labute approximate surface area is 190 Å². The summed E-state index contributed by atoms with van der Waals surface area (Å²) in [4.78, 5) is 33.5. The predicted molar refractivity (Wildman–Crippen MR) is 122 cm³/mol. The zero-order valence-corrected chi connectivity index (χ0v) is 19.8. The minimum atomic E-state index is -4.71. The molecule has 1 aromatic rings. The lowest BCUT2D eigenvalue weighted by atomic mass is 10.1. The van der Waals surface area contributed by atoms with E-state index in [2.05, 4.69) is 6.92 Å². The van der Waals surface area contributed by atoms with Crippen LogP contribution in [0.25, 0.3) is 0 Å². The van der Waals surface area contributed by atoms with Crippen molar-refractivity contribution in [3.8, 4) is 5.75 Å². The highest BCUT2D eigenvalue weighted by atomic mass is 31.2. The summed E-state index contributed by atoms with van der Waals surface area (Å²) >= 11 is 0. The lowest BCUT2D eigenvalue weighted by Gasteiger charge is -2.17. The number of carbonyl (C=O) groups excluding carboxylic acids is 2. The third-order valence-electron chi connectivity index (χ3n) is 4.89. The second-order valence-corrected chi connectivity index (χ2v) is 9.47. The highest BCUT2D eigenvalue weighted by Gasteiger charge is 2.34. The van der Waals surface area contributed by atoms with Crippen molar-refractivity contribution >= 4 is 19.3 Å². The van der Waals surface area contributed by atoms with E-state index in [1.54, 1.807) is 18.2 Å². The maximum Gasteiger partial charge on any atom is 0.436 e. The molecule has 2 atom stereocenters. The van der Waals surface area contributed by atoms with Crippen molar-refractivity contribution in [2.75, 3.05) is 19.8 Å². The number of aliphatic hydroxyl groups is 1. The molecule has 0 bridgehead atoms. The number of esters is 1. The summed E-state index contributed by atoms with van der Waals surface area (Å²) in [5.74, 6) is -1.01. The monoisotopic (exact) mass is 472 g/mol. The molecule has 0 spiro atoms. The third-order valence-corrected chi connectivity index (χ3v) is 5.94. The number of benzene rings is 1. The van der Waals surface area contributed by atoms with Crippen molar-refractivity contribution in [3.63, 3.8) is 0 Å². The Morgan fingerprint density at radius 2 is 1.53 bits per heavy atom. The number of carbonyl (C=O) groups is 2. The van der Waals surface area contributed by atoms with Gasteiger partial charge in [-0.15, -0.1) is 0 Å². The molecule has 0 aliphatic carbocycles. The standard InChI is InChI=1S/C23H37O8P/c1-2-3-4-5-6-7-8-9-13-16-22(25)29-18-20(17-24)19-30-32(27,28)23(26)31-21-14-11-10-12-15-21/h10-12,14-15,20,24H,2-9,13,16-19H2,1H3,(H,27,28). The van der Waals surface area contributed by atoms with Crippen LogP contribution in [0.15, 0.2) is 30.3 Å². The fourth-order valence-electron chi connectivity index (χ4n) is 2.92. The summed E-state index contributed by atoms with van der Waals surface area (Å²) in [6.45, 7) is 1.17. The first-order valence-electron chi connectivity index (χ1n) is 11.4. The second-order valence-electron chi connectivity index (χ2n) is 7.81. The van der Waals surface area contributed by atoms with Gasteiger partial charge in [0, 0.05) is 12.3 Å². The van der Waals surface area contributed by atoms with Gasteiger partial charge in [0.25, 0.3) is 0 Å². The van der Waals surface area contributed by atoms with E-state index < -0.39 is 32.4 Å². The molecule has 0 amide bonds. The van der Waals surface area contributed by atoms with Crippen LogP contribution in [0.1, 0.15) is 71.1 Å². The molecule has 1 rings (SSSR count). The second kappa shape index (κ2) is 16.8. The van der Waals surface area contributed by atoms with E-state index in [0.717, 1.165) is 19.3 Å². The smallest absolute Gasteiger partial charge is 0.436 e. The highest BCUT2D eigenvalue weighted by molar-refractivity contribution is 7.70. The average Bonchev–Trinajstić information content (AvgIpc) is 2.78. The summed E-state index contributed by atoms with van der Waals surface area (Å²) in [7, 11) is -4.71. The minimum Gasteiger partial charge on any atom is -0.465 e. The van der Waals surface area contributed by atoms with Crippen LogP contribution < -0.4 is 4.74 Å². The van der Waals surface area contributed by atoms with Gasteiger partial charge in [-0.3, -0.25) is 4.79 Å². The molecule has 0 aliphatic rings. The Morgan fingerprint density at radius 3 is 2.12 bits per heavy atom. The lowest BCUT2D eigenvalue weighted by Crippen LogP contribution is -2.22. The van der Waals surface area contributed by atoms with Crippen molar-refractivity contribution in [1.29, 1.82) is 0 Å². The molecule has 1 aromatic carbocycles. The molecular formula is C23H37O8P. The third kappa shape index (κ3) is 13.0. The van der Waals surface area contributed by atoms with Gasteiger partial charge >= 0.3 is 19.3 Å². The van der Waals surface area contributed by atoms with Crippen molar-refractivity contribution in [2.24, 2.45) is 5.92 Å². The molecule has 32 heavy (non-hydrogen) atoms. The molecule has 0 saturated carbocycles. The summed E-state index contributed by atoms with van der Waals surface area (Å²) in [5.41, 5.74) is -1.41. The largest absolute Gasteiger partial charge is 0.465 e. The van der Waals surface area contributed by atoms with Crippen molar-refractivity contribution in [1.82, 2.24) is 0 Å². The molecule has 0 radical (unpaired) electrons. The van der Waals surface area contributed by atoms with Gasteiger partial charge in [0.2, 0.25) is 0 Å². The molecular weight excluding hydrogens is 435 g/mol. The lowest BCUT2D eigenvalue weighted by molar-refractivity contribution is -0.145. The first-order valence-corrected chi connectivity index (χ1v) is 13.0. The van der Waals surface area contributed by atoms with Crippen LogP contribution >= 0.6 is 7.60 Å². The molecule has 0 aromatic heterocycles. The first kappa shape index (κ1) is 28.3. The summed E-state index contributed by atoms with van der Waals surface area (Å²) in [5, 5.41) is 9.40. The highest BCUT2D eigenvalue weighted by Crippen LogP contribution is 2.44. The SMILES string of the molecule is CCCCCCCCCCCC(=O)OCC(CO)COP(=O)(O)C(=O)Oc1ccccc1. The van der Waals surface area contributed by atoms with Crippen LogP contribution in [0, 0.1) is 5.92 Å². The van der Waals surface area contributed by atoms with Crippen molar-refractivity contribution in [3.05, 3.63) is 30.3 Å². The van der Waals surface area contributed by atoms with Crippen LogP contribution in [-0.2, 0) is 18.6 Å². The molecule has 2 unspecified atom stereocenters. The molecule has 0 heterocycles. The van der Waals surface area contributed by atoms with Gasteiger partial charge in [0.15, 0.2) is 0 Å². The average molecular weight is 473 g/mol. The summed E-state index contributed by atoms with van der Waals surface area (Å²) in [6.07, 6.45) is 10.6. The van der Waals surface area contributed by atoms with E-state index in [1.165, 1.54) is 50.7 Å². The number of aliphatic hydroxyl groups excluding tert-OH is 1. The Hall–Kier alpha value is -1.73. The predicted octanol–water partition coefficient (Wildman–Crippen LogP) is 5.46. The Kier molecular flexibility index (Phi) is 14.9. The Bertz CT molecular complexity index is 694. The zero-order valence-electron chi connectivity index (χ0n) is 18.9. The van der Waals surface area contributed by atoms with Crippen molar-refractivity contribution < 1.29 is 38.2 Å². The number of hydrogen-bond acceptors (Lipinski definition) is 7. The van der Waals surface area contributed by atoms with Gasteiger partial charge < -0.3 is 24.0 Å². The quantitative estimate of drug-likeness (QED) is 0.164. The fraction of sp³-hybridized carbons (Fsp3) is 0.652. The summed E-state index contributed by atoms with van der Waals surface area (Å²) in [6, 6.07) is 7.84. The van der Waals surface area contributed by atoms with Gasteiger partial charge in [0.05, 0.1) is 19.8 Å². The molecule has 0 aliphatic heterocycles. The normalized spacial score (nSPS) is 13.8. The van der Waals surface area contributed by atoms with Gasteiger partial charge in [-0.05, 0) is 18.6 Å². The number of para-hydroxylation sites is 1. The first-order chi connectivity index (χ1) is 15.4. The van der Waals surface area contributed by atoms with Crippen LogP contribution in [-0.4, -0.2) is 41.5 Å². The van der Waals surface area contributed by atoms with Crippen LogP contribution in [0.5, 0.6) is 5.75 Å². The molecule has 0 fully saturated rings. The maximum absolute atomic E-state index is 12.0. The van der Waals surface area contributed by atoms with E-state index in [4.69, 9.17) is 14.0 Å². The van der Waals surface area contributed by atoms with E-state index >= 15 is 0 Å². The number of hydrogen-bond donors (Lipinski definition) is 2. The minimum absolute atomic E-state index is 0.111. The van der Waals surface area contributed by atoms with Gasteiger partial charge in [-0.2, -0.15) is 0 Å². The van der Waals surface area contributed by atoms with Crippen LogP contribution in [0.2, 0.25) is 0 Å². The number of ether oxygens (including phenoxy) is 2. The van der Waals surface area contributed by atoms with Gasteiger partial charge in [-0.1, -0.05) is 76.5 Å². The Balaban J connectivity index is 2.20. The maximum atomic E-state index is 12.0. The molecule has 8 nitrogen and oxygen atoms in total. The van der Waals surface area contributed by atoms with E-state index in [-0.39, 0.29) is 24.7 Å². The van der Waals surface area contributed by atoms with E-state index in [1.807, 2.05) is 0 Å². The van der Waals surface area contributed by atoms with Gasteiger partial charge in [-0.25, -0.2) is 9.36 Å². The van der Waals surface area contributed by atoms with Crippen molar-refractivity contribution in [2.45, 2.75) is 71.1 Å². The topological polar surface area (TPSA) is 119 Å². The Morgan fingerprint density at radius 1 is 0.938 bits per heavy atom. The summed E-state index contributed by atoms with van der Waals surface area (Å²) < 4.78 is 26.8. The number of rotatable bonds is 18. The van der Waals surface area contributed by atoms with E-state index in [9.17, 15) is 24.2 Å². The molecule has 9 heteroatoms. The molecule has 182 valence electrons. The zero-order chi connectivity index (χ0) is 23.7. The van der Waals surface area contributed by atoms with Crippen LogP contribution in [0.3, 0.4) is 0 Å². The molecule has 2 N–H and O–H groups in total. The van der Waals surface area contributed by atoms with Crippen LogP contribution in [0.4, 0.5) is 4.79 Å². The van der Waals surface area contributed by atoms with Gasteiger partial charge in [0.1, 0.15) is 5.75 Å².